The highest BCUT2D eigenvalue weighted by atomic mass is 16.8. The summed E-state index contributed by atoms with van der Waals surface area (Å²) in [6.45, 7) is 15.3. The van der Waals surface area contributed by atoms with Crippen LogP contribution < -0.4 is 0 Å². The molecule has 5 aliphatic heterocycles. The molecule has 5 saturated heterocycles. The van der Waals surface area contributed by atoms with Crippen LogP contribution in [0.15, 0.2) is 11.1 Å². The highest BCUT2D eigenvalue weighted by Crippen LogP contribution is 2.77. The van der Waals surface area contributed by atoms with Crippen molar-refractivity contribution in [1.29, 1.82) is 0 Å². The Labute approximate surface area is 380 Å². The number of rotatable bonds is 7. The maximum atomic E-state index is 13.8. The Kier molecular flexibility index (Phi) is 12.0. The van der Waals surface area contributed by atoms with Crippen LogP contribution in [-0.2, 0) is 38.0 Å². The Morgan fingerprint density at radius 2 is 1.31 bits per heavy atom. The van der Waals surface area contributed by atoms with E-state index in [1.807, 2.05) is 6.92 Å². The summed E-state index contributed by atoms with van der Waals surface area (Å²) in [7, 11) is 0. The summed E-state index contributed by atoms with van der Waals surface area (Å²) in [4.78, 5) is 13.8. The molecule has 0 aromatic carbocycles. The van der Waals surface area contributed by atoms with Crippen molar-refractivity contribution in [2.24, 2.45) is 38.9 Å². The fourth-order valence-corrected chi connectivity index (χ4v) is 15.3. The van der Waals surface area contributed by atoms with E-state index < -0.39 is 132 Å². The molecule has 65 heavy (non-hydrogen) atoms. The summed E-state index contributed by atoms with van der Waals surface area (Å²) in [5.41, 5.74) is -3.57. The molecule has 5 heterocycles. The van der Waals surface area contributed by atoms with Gasteiger partial charge in [-0.3, -0.25) is 4.79 Å². The molecule has 18 nitrogen and oxygen atoms in total. The molecule has 370 valence electrons. The molecule has 10 aliphatic rings. The predicted molar refractivity (Wildman–Crippen MR) is 224 cm³/mol. The van der Waals surface area contributed by atoms with Gasteiger partial charge in [-0.1, -0.05) is 34.6 Å². The van der Waals surface area contributed by atoms with Gasteiger partial charge >= 0.3 is 5.97 Å². The van der Waals surface area contributed by atoms with E-state index in [4.69, 9.17) is 33.2 Å². The van der Waals surface area contributed by atoms with Crippen LogP contribution in [0.3, 0.4) is 0 Å². The number of carbonyl (C=O) groups excluding carboxylic acids is 1. The second-order valence-electron chi connectivity index (χ2n) is 23.0. The molecule has 0 aromatic heterocycles. The SMILES string of the molecule is C[C@H]1O[C@@H](O[C@H]2[C@H](O[C@@H]3CC[C@@]4(C)[C@H]5C[C@@H](O)C6=C7[C@]8(CC[C@](C)(OC8=O)[C@@]7(C)O)CC[C@@]6(C)[C@]5(C)CC[C@H]4C3(C)C)OC[C@H](O)[C@H]2O[C@H]2O[C@H](CO)[C@H](O)[C@H](O)[C@H]2O)[C@@H](O)[C@@H](O)[C@@H]1O. The van der Waals surface area contributed by atoms with E-state index in [2.05, 4.69) is 34.6 Å². The third-order valence-corrected chi connectivity index (χ3v) is 19.6. The maximum absolute atomic E-state index is 13.8. The van der Waals surface area contributed by atoms with E-state index in [0.29, 0.717) is 50.5 Å². The van der Waals surface area contributed by atoms with Crippen molar-refractivity contribution < 1.29 is 89.0 Å². The summed E-state index contributed by atoms with van der Waals surface area (Å²) in [5.74, 6) is -0.158. The van der Waals surface area contributed by atoms with Crippen molar-refractivity contribution in [2.45, 2.75) is 223 Å². The Hall–Kier alpha value is -1.43. The van der Waals surface area contributed by atoms with Gasteiger partial charge in [0, 0.05) is 0 Å². The first-order valence-corrected chi connectivity index (χ1v) is 23.9. The Morgan fingerprint density at radius 3 is 1.97 bits per heavy atom. The van der Waals surface area contributed by atoms with Gasteiger partial charge in [-0.15, -0.1) is 0 Å². The first-order valence-electron chi connectivity index (χ1n) is 23.9. The second kappa shape index (κ2) is 16.0. The van der Waals surface area contributed by atoms with Crippen LogP contribution >= 0.6 is 0 Å². The van der Waals surface area contributed by atoms with Crippen LogP contribution in [0.2, 0.25) is 0 Å². The maximum Gasteiger partial charge on any atom is 0.317 e. The monoisotopic (exact) mass is 926 g/mol. The van der Waals surface area contributed by atoms with Crippen molar-refractivity contribution in [1.82, 2.24) is 0 Å². The number of carbonyl (C=O) groups is 1. The Bertz CT molecular complexity index is 1880. The van der Waals surface area contributed by atoms with Gasteiger partial charge < -0.3 is 84.2 Å². The highest BCUT2D eigenvalue weighted by Gasteiger charge is 2.75. The lowest BCUT2D eigenvalue weighted by Gasteiger charge is -2.73. The minimum atomic E-state index is -1.82. The lowest BCUT2D eigenvalue weighted by Crippen LogP contribution is -2.72. The van der Waals surface area contributed by atoms with Crippen molar-refractivity contribution in [3.63, 3.8) is 0 Å². The molecule has 9 fully saturated rings. The molecule has 24 atom stereocenters. The van der Waals surface area contributed by atoms with Crippen LogP contribution in [0.1, 0.15) is 113 Å². The van der Waals surface area contributed by atoms with Gasteiger partial charge in [0.1, 0.15) is 72.2 Å². The molecular formula is C47H74O18. The van der Waals surface area contributed by atoms with Crippen molar-refractivity contribution in [3.05, 3.63) is 11.1 Å². The number of aliphatic hydroxyl groups excluding tert-OH is 9. The van der Waals surface area contributed by atoms with Crippen LogP contribution in [0.25, 0.3) is 0 Å². The highest BCUT2D eigenvalue weighted by molar-refractivity contribution is 5.86. The topological polar surface area (TPSA) is 284 Å². The van der Waals surface area contributed by atoms with Crippen molar-refractivity contribution in [2.75, 3.05) is 13.2 Å². The number of ether oxygens (including phenoxy) is 7. The number of hydrogen-bond donors (Lipinski definition) is 10. The van der Waals surface area contributed by atoms with Gasteiger partial charge in [0.25, 0.3) is 0 Å². The number of aliphatic hydroxyl groups is 10. The van der Waals surface area contributed by atoms with Gasteiger partial charge in [-0.05, 0) is 123 Å². The summed E-state index contributed by atoms with van der Waals surface area (Å²) >= 11 is 0. The summed E-state index contributed by atoms with van der Waals surface area (Å²) in [6.07, 6.45) is -17.0. The van der Waals surface area contributed by atoms with Crippen LogP contribution in [0.4, 0.5) is 0 Å². The average molecular weight is 927 g/mol. The Morgan fingerprint density at radius 1 is 0.677 bits per heavy atom. The van der Waals surface area contributed by atoms with Gasteiger partial charge in [0.05, 0.1) is 36.9 Å². The molecule has 5 aliphatic carbocycles. The number of esters is 1. The zero-order valence-electron chi connectivity index (χ0n) is 38.9. The van der Waals surface area contributed by atoms with Crippen LogP contribution in [-0.4, -0.2) is 180 Å². The van der Waals surface area contributed by atoms with Crippen molar-refractivity contribution >= 4 is 5.97 Å². The minimum Gasteiger partial charge on any atom is -0.455 e. The molecule has 10 N–H and O–H groups in total. The van der Waals surface area contributed by atoms with Gasteiger partial charge in [-0.25, -0.2) is 0 Å². The third-order valence-electron chi connectivity index (χ3n) is 19.6. The fraction of sp³-hybridized carbons (Fsp3) is 0.936. The number of fused-ring (bicyclic) bond motifs is 7. The van der Waals surface area contributed by atoms with E-state index in [0.717, 1.165) is 18.4 Å². The molecule has 0 unspecified atom stereocenters. The lowest BCUT2D eigenvalue weighted by molar-refractivity contribution is -0.388. The summed E-state index contributed by atoms with van der Waals surface area (Å²) in [5, 5.41) is 110. The normalized spacial score (nSPS) is 57.4. The molecule has 0 radical (unpaired) electrons. The molecule has 18 heteroatoms. The van der Waals surface area contributed by atoms with Gasteiger partial charge in [0.2, 0.25) is 0 Å². The smallest absolute Gasteiger partial charge is 0.317 e. The van der Waals surface area contributed by atoms with E-state index in [-0.39, 0.29) is 35.2 Å². The van der Waals surface area contributed by atoms with E-state index in [1.165, 1.54) is 6.92 Å². The first-order chi connectivity index (χ1) is 30.2. The third kappa shape index (κ3) is 6.74. The lowest BCUT2D eigenvalue weighted by atomic mass is 9.33. The fourth-order valence-electron chi connectivity index (χ4n) is 15.3. The zero-order chi connectivity index (χ0) is 47.4. The largest absolute Gasteiger partial charge is 0.455 e. The summed E-state index contributed by atoms with van der Waals surface area (Å²) < 4.78 is 43.0. The van der Waals surface area contributed by atoms with E-state index in [1.54, 1.807) is 6.92 Å². The van der Waals surface area contributed by atoms with Gasteiger partial charge in [-0.2, -0.15) is 0 Å². The van der Waals surface area contributed by atoms with Crippen LogP contribution in [0, 0.1) is 38.9 Å². The summed E-state index contributed by atoms with van der Waals surface area (Å²) in [6, 6.07) is 0. The average Bonchev–Trinajstić information content (AvgIpc) is 3.24. The van der Waals surface area contributed by atoms with Gasteiger partial charge in [0.15, 0.2) is 18.9 Å². The molecule has 4 saturated carbocycles. The quantitative estimate of drug-likeness (QED) is 0.0918. The van der Waals surface area contributed by atoms with Crippen molar-refractivity contribution in [3.8, 4) is 0 Å². The molecule has 10 rings (SSSR count). The molecule has 0 amide bonds. The molecule has 2 bridgehead atoms. The second-order valence-corrected chi connectivity index (χ2v) is 23.0. The zero-order valence-corrected chi connectivity index (χ0v) is 38.9. The minimum absolute atomic E-state index is 0.0582. The van der Waals surface area contributed by atoms with Crippen LogP contribution in [0.5, 0.6) is 0 Å². The number of hydrogen-bond acceptors (Lipinski definition) is 18. The molecule has 1 spiro atoms. The molecule has 0 aromatic rings. The predicted octanol–water partition coefficient (Wildman–Crippen LogP) is 0.0534. The van der Waals surface area contributed by atoms with E-state index >= 15 is 0 Å². The molecular weight excluding hydrogens is 852 g/mol. The Balaban J connectivity index is 1.01. The van der Waals surface area contributed by atoms with E-state index in [9.17, 15) is 55.9 Å². The first kappa shape index (κ1) is 48.6. The standard InChI is InChI=1S/C47H74O18/c1-20-28(51)30(53)32(55)37(60-20)64-35-34(63-38-33(56)31(54)29(52)23(18-48)61-38)22(50)19-59-39(35)62-26-10-11-42(4)24(41(26,2)3)9-12-43(5)25(42)17-21(49)27-36-46(8,58)45(7)14-16-47(36,40(57)65-45)15-13-44(27,43)6/h20-26,28-35,37-39,48-56,58H,9-19H2,1-8H3/t20-,21-,22+,23-,24+,25-,26-,28-,29+,30+,31+,32+,33-,34-,35-,37+,38-,39+,42-,43-,44-,45+,46+,47-/m1/s1.